The fourth-order valence-electron chi connectivity index (χ4n) is 1.44. The van der Waals surface area contributed by atoms with E-state index in [-0.39, 0.29) is 0 Å². The largest absolute Gasteiger partial charge is 0.306 e. The Morgan fingerprint density at radius 3 is 3.00 bits per heavy atom. The Kier molecular flexibility index (Phi) is 2.48. The molecule has 0 aliphatic carbocycles. The van der Waals surface area contributed by atoms with Crippen LogP contribution in [0.25, 0.3) is 0 Å². The van der Waals surface area contributed by atoms with Gasteiger partial charge in [-0.1, -0.05) is 0 Å². The molecule has 2 rings (SSSR count). The van der Waals surface area contributed by atoms with Crippen LogP contribution < -0.4 is 0 Å². The summed E-state index contributed by atoms with van der Waals surface area (Å²) in [6.45, 7) is 2.31. The first-order chi connectivity index (χ1) is 5.75. The van der Waals surface area contributed by atoms with Crippen LogP contribution in [0.15, 0.2) is 3.92 Å². The van der Waals surface area contributed by atoms with Gasteiger partial charge < -0.3 is 4.90 Å². The third kappa shape index (κ3) is 1.70. The molecule has 0 radical (unpaired) electrons. The SMILES string of the molecule is CN1CCc2nc(Br)sc2CC1. The lowest BCUT2D eigenvalue weighted by Gasteiger charge is -2.10. The predicted molar refractivity (Wildman–Crippen MR) is 54.7 cm³/mol. The lowest BCUT2D eigenvalue weighted by Crippen LogP contribution is -2.20. The predicted octanol–water partition coefficient (Wildman–Crippen LogP) is 1.94. The van der Waals surface area contributed by atoms with Crippen LogP contribution in [0.1, 0.15) is 10.6 Å². The molecule has 12 heavy (non-hydrogen) atoms. The summed E-state index contributed by atoms with van der Waals surface area (Å²) in [7, 11) is 2.17. The molecule has 1 aromatic heterocycles. The number of thiazole rings is 1. The minimum absolute atomic E-state index is 1.04. The Hall–Kier alpha value is 0.0700. The monoisotopic (exact) mass is 246 g/mol. The molecule has 66 valence electrons. The van der Waals surface area contributed by atoms with E-state index < -0.39 is 0 Å². The first-order valence-electron chi connectivity index (χ1n) is 4.08. The summed E-state index contributed by atoms with van der Waals surface area (Å²) in [5, 5.41) is 0. The number of halogens is 1. The first kappa shape index (κ1) is 8.66. The number of aromatic nitrogens is 1. The Bertz CT molecular complexity index is 259. The van der Waals surface area contributed by atoms with E-state index >= 15 is 0 Å². The number of nitrogens with zero attached hydrogens (tertiary/aromatic N) is 2. The summed E-state index contributed by atoms with van der Waals surface area (Å²) in [4.78, 5) is 8.28. The topological polar surface area (TPSA) is 16.1 Å². The molecule has 4 heteroatoms. The van der Waals surface area contributed by atoms with Gasteiger partial charge in [0.25, 0.3) is 0 Å². The smallest absolute Gasteiger partial charge is 0.159 e. The molecule has 0 bridgehead atoms. The zero-order valence-electron chi connectivity index (χ0n) is 7.01. The van der Waals surface area contributed by atoms with Gasteiger partial charge in [0.1, 0.15) is 0 Å². The quantitative estimate of drug-likeness (QED) is 0.696. The third-order valence-electron chi connectivity index (χ3n) is 2.20. The van der Waals surface area contributed by atoms with Crippen molar-refractivity contribution in [2.75, 3.05) is 20.1 Å². The van der Waals surface area contributed by atoms with Crippen LogP contribution >= 0.6 is 27.3 Å². The van der Waals surface area contributed by atoms with Gasteiger partial charge in [0.05, 0.1) is 5.69 Å². The van der Waals surface area contributed by atoms with E-state index in [1.165, 1.54) is 17.1 Å². The molecule has 0 N–H and O–H groups in total. The maximum atomic E-state index is 4.45. The van der Waals surface area contributed by atoms with Crippen molar-refractivity contribution in [1.29, 1.82) is 0 Å². The standard InChI is InChI=1S/C8H11BrN2S/c1-11-4-2-6-7(3-5-11)12-8(9)10-6/h2-5H2,1H3. The molecule has 2 nitrogen and oxygen atoms in total. The number of fused-ring (bicyclic) bond motifs is 1. The minimum Gasteiger partial charge on any atom is -0.306 e. The number of likely N-dealkylation sites (N-methyl/N-ethyl adjacent to an activating group) is 1. The van der Waals surface area contributed by atoms with Crippen LogP contribution in [-0.2, 0) is 12.8 Å². The first-order valence-corrected chi connectivity index (χ1v) is 5.69. The van der Waals surface area contributed by atoms with E-state index in [1.807, 2.05) is 0 Å². The second-order valence-electron chi connectivity index (χ2n) is 3.14. The van der Waals surface area contributed by atoms with Crippen LogP contribution in [-0.4, -0.2) is 30.0 Å². The van der Waals surface area contributed by atoms with Crippen molar-refractivity contribution in [2.24, 2.45) is 0 Å². The molecule has 0 saturated carbocycles. The second kappa shape index (κ2) is 3.44. The van der Waals surface area contributed by atoms with Crippen molar-refractivity contribution < 1.29 is 0 Å². The van der Waals surface area contributed by atoms with Gasteiger partial charge in [-0.15, -0.1) is 11.3 Å². The van der Waals surface area contributed by atoms with Crippen molar-refractivity contribution in [3.63, 3.8) is 0 Å². The number of hydrogen-bond acceptors (Lipinski definition) is 3. The molecule has 0 spiro atoms. The van der Waals surface area contributed by atoms with Crippen LogP contribution in [0.3, 0.4) is 0 Å². The van der Waals surface area contributed by atoms with E-state index in [0.29, 0.717) is 0 Å². The Labute approximate surface area is 84.7 Å². The molecule has 1 aliphatic rings. The minimum atomic E-state index is 1.04. The zero-order valence-corrected chi connectivity index (χ0v) is 9.41. The lowest BCUT2D eigenvalue weighted by atomic mass is 10.2. The highest BCUT2D eigenvalue weighted by molar-refractivity contribution is 9.11. The van der Waals surface area contributed by atoms with Crippen molar-refractivity contribution in [3.8, 4) is 0 Å². The van der Waals surface area contributed by atoms with Gasteiger partial charge in [-0.05, 0) is 29.4 Å². The van der Waals surface area contributed by atoms with E-state index in [2.05, 4.69) is 32.9 Å². The van der Waals surface area contributed by atoms with Crippen molar-refractivity contribution in [2.45, 2.75) is 12.8 Å². The summed E-state index contributed by atoms with van der Waals surface area (Å²) in [5.41, 5.74) is 1.30. The van der Waals surface area contributed by atoms with Gasteiger partial charge in [0.2, 0.25) is 0 Å². The van der Waals surface area contributed by atoms with Crippen molar-refractivity contribution >= 4 is 27.3 Å². The van der Waals surface area contributed by atoms with E-state index in [9.17, 15) is 0 Å². The molecule has 0 aromatic carbocycles. The highest BCUT2D eigenvalue weighted by Crippen LogP contribution is 2.25. The zero-order chi connectivity index (χ0) is 8.55. The Morgan fingerprint density at radius 2 is 2.17 bits per heavy atom. The fraction of sp³-hybridized carbons (Fsp3) is 0.625. The summed E-state index contributed by atoms with van der Waals surface area (Å²) in [6.07, 6.45) is 2.27. The van der Waals surface area contributed by atoms with E-state index in [0.717, 1.165) is 23.3 Å². The van der Waals surface area contributed by atoms with Gasteiger partial charge in [0, 0.05) is 24.4 Å². The van der Waals surface area contributed by atoms with Crippen molar-refractivity contribution in [1.82, 2.24) is 9.88 Å². The molecule has 0 amide bonds. The van der Waals surface area contributed by atoms with Crippen molar-refractivity contribution in [3.05, 3.63) is 14.5 Å². The van der Waals surface area contributed by atoms with Crippen LogP contribution in [0.5, 0.6) is 0 Å². The van der Waals surface area contributed by atoms with E-state index in [1.54, 1.807) is 11.3 Å². The molecule has 2 heterocycles. The molecule has 1 aliphatic heterocycles. The van der Waals surface area contributed by atoms with Gasteiger partial charge >= 0.3 is 0 Å². The molecule has 0 unspecified atom stereocenters. The fourth-order valence-corrected chi connectivity index (χ4v) is 3.06. The number of rotatable bonds is 0. The van der Waals surface area contributed by atoms with Gasteiger partial charge in [-0.2, -0.15) is 0 Å². The van der Waals surface area contributed by atoms with Crippen LogP contribution in [0.4, 0.5) is 0 Å². The summed E-state index contributed by atoms with van der Waals surface area (Å²) in [6, 6.07) is 0. The average molecular weight is 247 g/mol. The average Bonchev–Trinajstić information content (AvgIpc) is 2.31. The van der Waals surface area contributed by atoms with Gasteiger partial charge in [0.15, 0.2) is 3.92 Å². The molecular formula is C8H11BrN2S. The van der Waals surface area contributed by atoms with E-state index in [4.69, 9.17) is 0 Å². The van der Waals surface area contributed by atoms with Crippen LogP contribution in [0, 0.1) is 0 Å². The summed E-state index contributed by atoms with van der Waals surface area (Å²) in [5.74, 6) is 0. The molecule has 0 saturated heterocycles. The van der Waals surface area contributed by atoms with Gasteiger partial charge in [-0.3, -0.25) is 0 Å². The molecule has 0 fully saturated rings. The maximum Gasteiger partial charge on any atom is 0.159 e. The summed E-state index contributed by atoms with van der Waals surface area (Å²) >= 11 is 5.21. The molecular weight excluding hydrogens is 236 g/mol. The van der Waals surface area contributed by atoms with Crippen LogP contribution in [0.2, 0.25) is 0 Å². The van der Waals surface area contributed by atoms with Gasteiger partial charge in [-0.25, -0.2) is 4.98 Å². The molecule has 1 aromatic rings. The third-order valence-corrected chi connectivity index (χ3v) is 3.81. The normalized spacial score (nSPS) is 18.8. The number of hydrogen-bond donors (Lipinski definition) is 0. The second-order valence-corrected chi connectivity index (χ2v) is 5.50. The maximum absolute atomic E-state index is 4.45. The molecule has 0 atom stereocenters. The lowest BCUT2D eigenvalue weighted by molar-refractivity contribution is 0.352. The highest BCUT2D eigenvalue weighted by atomic mass is 79.9. The highest BCUT2D eigenvalue weighted by Gasteiger charge is 2.14. The Balaban J connectivity index is 2.24. The summed E-state index contributed by atoms with van der Waals surface area (Å²) < 4.78 is 1.04. The Morgan fingerprint density at radius 1 is 1.42 bits per heavy atom.